The maximum absolute atomic E-state index is 10.3. The minimum atomic E-state index is -1.01. The van der Waals surface area contributed by atoms with E-state index < -0.39 is 12.2 Å². The minimum absolute atomic E-state index is 0.163. The van der Waals surface area contributed by atoms with Crippen molar-refractivity contribution in [2.24, 2.45) is 0 Å². The van der Waals surface area contributed by atoms with E-state index in [0.717, 1.165) is 0 Å². The van der Waals surface area contributed by atoms with Gasteiger partial charge in [-0.1, -0.05) is 6.07 Å². The van der Waals surface area contributed by atoms with Gasteiger partial charge in [0.15, 0.2) is 6.29 Å². The van der Waals surface area contributed by atoms with E-state index in [1.54, 1.807) is 6.07 Å². The average molecular weight is 213 g/mol. The van der Waals surface area contributed by atoms with E-state index >= 15 is 0 Å². The third kappa shape index (κ3) is 2.54. The Morgan fingerprint density at radius 3 is 2.64 bits per heavy atom. The van der Waals surface area contributed by atoms with Crippen molar-refractivity contribution in [1.82, 2.24) is 4.98 Å². The number of rotatable bonds is 4. The summed E-state index contributed by atoms with van der Waals surface area (Å²) in [6.45, 7) is 0. The molecule has 0 spiro atoms. The molecule has 0 aliphatic rings. The number of hydrogen-bond acceptors (Lipinski definition) is 5. The lowest BCUT2D eigenvalue weighted by Crippen LogP contribution is -2.19. The van der Waals surface area contributed by atoms with Gasteiger partial charge in [0.1, 0.15) is 11.8 Å². The lowest BCUT2D eigenvalue weighted by atomic mass is 10.1. The summed E-state index contributed by atoms with van der Waals surface area (Å²) in [6.07, 6.45) is 0.0367. The van der Waals surface area contributed by atoms with E-state index in [1.807, 2.05) is 0 Å². The van der Waals surface area contributed by atoms with Crippen LogP contribution in [0.3, 0.4) is 0 Å². The minimum Gasteiger partial charge on any atom is -0.389 e. The van der Waals surface area contributed by atoms with Crippen LogP contribution in [0, 0.1) is 0 Å². The molecule has 14 heavy (non-hydrogen) atoms. The predicted molar refractivity (Wildman–Crippen MR) is 54.4 cm³/mol. The lowest BCUT2D eigenvalue weighted by molar-refractivity contribution is 0.0335. The average Bonchev–Trinajstić information content (AvgIpc) is 2.27. The van der Waals surface area contributed by atoms with Gasteiger partial charge in [0, 0.05) is 17.5 Å². The number of carbonyl (C=O) groups is 1. The molecular formula is C9H11NO3S. The number of aromatic nitrogens is 1. The van der Waals surface area contributed by atoms with Crippen LogP contribution in [-0.4, -0.2) is 33.3 Å². The van der Waals surface area contributed by atoms with E-state index in [4.69, 9.17) is 0 Å². The van der Waals surface area contributed by atoms with Crippen molar-refractivity contribution in [2.45, 2.75) is 12.2 Å². The Morgan fingerprint density at radius 1 is 1.50 bits per heavy atom. The molecule has 1 rings (SSSR count). The van der Waals surface area contributed by atoms with Gasteiger partial charge in [-0.25, -0.2) is 0 Å². The lowest BCUT2D eigenvalue weighted by Gasteiger charge is -2.15. The van der Waals surface area contributed by atoms with Crippen LogP contribution in [0.15, 0.2) is 18.3 Å². The second-order valence-electron chi connectivity index (χ2n) is 2.83. The first-order valence-corrected chi connectivity index (χ1v) is 4.70. The number of aliphatic hydroxyl groups excluding tert-OH is 2. The Labute approximate surface area is 87.0 Å². The molecule has 2 unspecified atom stereocenters. The highest BCUT2D eigenvalue weighted by Gasteiger charge is 2.16. The van der Waals surface area contributed by atoms with E-state index in [-0.39, 0.29) is 5.75 Å². The van der Waals surface area contributed by atoms with E-state index in [1.165, 1.54) is 12.3 Å². The molecule has 0 saturated carbocycles. The monoisotopic (exact) mass is 213 g/mol. The van der Waals surface area contributed by atoms with Crippen molar-refractivity contribution in [3.63, 3.8) is 0 Å². The van der Waals surface area contributed by atoms with Gasteiger partial charge in [-0.05, 0) is 6.07 Å². The van der Waals surface area contributed by atoms with Gasteiger partial charge >= 0.3 is 0 Å². The van der Waals surface area contributed by atoms with Crippen LogP contribution < -0.4 is 0 Å². The molecule has 0 fully saturated rings. The fourth-order valence-corrected chi connectivity index (χ4v) is 1.18. The number of pyridine rings is 1. The zero-order valence-electron chi connectivity index (χ0n) is 7.37. The molecule has 0 radical (unpaired) electrons. The van der Waals surface area contributed by atoms with Crippen molar-refractivity contribution in [2.75, 3.05) is 5.75 Å². The Morgan fingerprint density at radius 2 is 2.21 bits per heavy atom. The molecule has 0 amide bonds. The molecule has 2 N–H and O–H groups in total. The summed E-state index contributed by atoms with van der Waals surface area (Å²) in [4.78, 5) is 14.1. The molecule has 1 aromatic rings. The molecule has 0 aliphatic heterocycles. The Bertz CT molecular complexity index is 301. The number of thiol groups is 1. The third-order valence-corrected chi connectivity index (χ3v) is 2.20. The van der Waals surface area contributed by atoms with Crippen LogP contribution in [0.25, 0.3) is 0 Å². The van der Waals surface area contributed by atoms with Gasteiger partial charge in [-0.2, -0.15) is 12.6 Å². The summed E-state index contributed by atoms with van der Waals surface area (Å²) >= 11 is 3.86. The maximum atomic E-state index is 10.3. The highest BCUT2D eigenvalue weighted by Crippen LogP contribution is 2.16. The van der Waals surface area contributed by atoms with Crippen LogP contribution in [0.1, 0.15) is 22.2 Å². The normalized spacial score (nSPS) is 14.8. The molecule has 0 aliphatic carbocycles. The molecule has 0 aromatic carbocycles. The van der Waals surface area contributed by atoms with E-state index in [0.29, 0.717) is 17.5 Å². The fraction of sp³-hybridized carbons (Fsp3) is 0.333. The first-order valence-electron chi connectivity index (χ1n) is 4.07. The van der Waals surface area contributed by atoms with Crippen LogP contribution in [-0.2, 0) is 0 Å². The maximum Gasteiger partial charge on any atom is 0.168 e. The van der Waals surface area contributed by atoms with Crippen molar-refractivity contribution in [1.29, 1.82) is 0 Å². The second-order valence-corrected chi connectivity index (χ2v) is 3.19. The second kappa shape index (κ2) is 5.09. The highest BCUT2D eigenvalue weighted by molar-refractivity contribution is 7.80. The van der Waals surface area contributed by atoms with Crippen LogP contribution >= 0.6 is 12.6 Å². The van der Waals surface area contributed by atoms with Crippen molar-refractivity contribution >= 4 is 18.9 Å². The Kier molecular flexibility index (Phi) is 4.06. The first-order chi connectivity index (χ1) is 6.69. The standard InChI is InChI=1S/C9H11NO3S/c11-4-7-2-1-6(3-10-7)9(13)8(12)5-14/h1-4,8-9,12-14H,5H2. The fourth-order valence-electron chi connectivity index (χ4n) is 0.983. The van der Waals surface area contributed by atoms with Gasteiger partial charge < -0.3 is 10.2 Å². The summed E-state index contributed by atoms with van der Waals surface area (Å²) in [6, 6.07) is 3.03. The molecule has 1 aromatic heterocycles. The van der Waals surface area contributed by atoms with Gasteiger partial charge in [-0.15, -0.1) is 0 Å². The van der Waals surface area contributed by atoms with E-state index in [2.05, 4.69) is 17.6 Å². The highest BCUT2D eigenvalue weighted by atomic mass is 32.1. The number of aliphatic hydroxyl groups is 2. The first kappa shape index (κ1) is 11.2. The quantitative estimate of drug-likeness (QED) is 0.494. The zero-order chi connectivity index (χ0) is 10.6. The summed E-state index contributed by atoms with van der Waals surface area (Å²) in [7, 11) is 0. The largest absolute Gasteiger partial charge is 0.389 e. The van der Waals surface area contributed by atoms with Crippen molar-refractivity contribution in [3.05, 3.63) is 29.6 Å². The number of hydrogen-bond donors (Lipinski definition) is 3. The number of carbonyl (C=O) groups excluding carboxylic acids is 1. The third-order valence-electron chi connectivity index (χ3n) is 1.82. The molecular weight excluding hydrogens is 202 g/mol. The van der Waals surface area contributed by atoms with E-state index in [9.17, 15) is 15.0 Å². The Balaban J connectivity index is 2.80. The number of aldehydes is 1. The summed E-state index contributed by atoms with van der Waals surface area (Å²) in [5, 5.41) is 18.8. The van der Waals surface area contributed by atoms with Crippen molar-refractivity contribution < 1.29 is 15.0 Å². The van der Waals surface area contributed by atoms with Crippen LogP contribution in [0.4, 0.5) is 0 Å². The van der Waals surface area contributed by atoms with Gasteiger partial charge in [-0.3, -0.25) is 9.78 Å². The zero-order valence-corrected chi connectivity index (χ0v) is 8.26. The predicted octanol–water partition coefficient (Wildman–Crippen LogP) is 0.218. The summed E-state index contributed by atoms with van der Waals surface area (Å²) in [5.74, 6) is 0.163. The summed E-state index contributed by atoms with van der Waals surface area (Å²) < 4.78 is 0. The van der Waals surface area contributed by atoms with Crippen molar-refractivity contribution in [3.8, 4) is 0 Å². The Hall–Kier alpha value is -0.910. The van der Waals surface area contributed by atoms with Gasteiger partial charge in [0.05, 0.1) is 6.10 Å². The van der Waals surface area contributed by atoms with Gasteiger partial charge in [0.2, 0.25) is 0 Å². The molecule has 76 valence electrons. The smallest absolute Gasteiger partial charge is 0.168 e. The summed E-state index contributed by atoms with van der Waals surface area (Å²) in [5.41, 5.74) is 0.762. The topological polar surface area (TPSA) is 70.4 Å². The molecule has 2 atom stereocenters. The van der Waals surface area contributed by atoms with Crippen LogP contribution in [0.2, 0.25) is 0 Å². The van der Waals surface area contributed by atoms with Crippen LogP contribution in [0.5, 0.6) is 0 Å². The number of nitrogens with zero attached hydrogens (tertiary/aromatic N) is 1. The molecule has 5 heteroatoms. The molecule has 0 saturated heterocycles. The molecule has 4 nitrogen and oxygen atoms in total. The van der Waals surface area contributed by atoms with Gasteiger partial charge in [0.25, 0.3) is 0 Å². The molecule has 0 bridgehead atoms. The molecule has 1 heterocycles. The SMILES string of the molecule is O=Cc1ccc(C(O)C(O)CS)cn1.